The minimum absolute atomic E-state index is 0.0134. The van der Waals surface area contributed by atoms with E-state index >= 15 is 0 Å². The van der Waals surface area contributed by atoms with Crippen LogP contribution in [0.1, 0.15) is 54.2 Å². The third-order valence-electron chi connectivity index (χ3n) is 7.42. The molecule has 3 heterocycles. The van der Waals surface area contributed by atoms with E-state index in [4.69, 9.17) is 14.4 Å². The smallest absolute Gasteiger partial charge is 0.277 e. The van der Waals surface area contributed by atoms with Gasteiger partial charge >= 0.3 is 0 Å². The average molecular weight is 469 g/mol. The number of aromatic nitrogens is 3. The van der Waals surface area contributed by atoms with E-state index in [-0.39, 0.29) is 11.9 Å². The number of aryl methyl sites for hydroxylation is 1. The Labute approximate surface area is 204 Å². The Balaban J connectivity index is 1.46. The van der Waals surface area contributed by atoms with Gasteiger partial charge in [-0.2, -0.15) is 5.10 Å². The number of hydrogen-bond acceptors (Lipinski definition) is 5. The van der Waals surface area contributed by atoms with Crippen LogP contribution < -0.4 is 9.64 Å². The average Bonchev–Trinajstić information content (AvgIpc) is 3.62. The van der Waals surface area contributed by atoms with Gasteiger partial charge in [-0.05, 0) is 55.2 Å². The summed E-state index contributed by atoms with van der Waals surface area (Å²) in [6, 6.07) is 17.8. The molecule has 1 aliphatic carbocycles. The number of hydrogen-bond donors (Lipinski definition) is 0. The number of amides is 1. The summed E-state index contributed by atoms with van der Waals surface area (Å²) in [5.41, 5.74) is 6.26. The van der Waals surface area contributed by atoms with Crippen LogP contribution in [0, 0.1) is 5.92 Å². The van der Waals surface area contributed by atoms with Crippen LogP contribution in [0.15, 0.2) is 65.4 Å². The number of anilines is 1. The quantitative estimate of drug-likeness (QED) is 0.357. The summed E-state index contributed by atoms with van der Waals surface area (Å²) in [5, 5.41) is 8.87. The van der Waals surface area contributed by atoms with Gasteiger partial charge in [0.2, 0.25) is 0 Å². The highest BCUT2D eigenvalue weighted by molar-refractivity contribution is 6.11. The molecular weight excluding hydrogens is 440 g/mol. The highest BCUT2D eigenvalue weighted by atomic mass is 16.5. The summed E-state index contributed by atoms with van der Waals surface area (Å²) < 4.78 is 12.1. The molecule has 0 bridgehead atoms. The molecule has 1 atom stereocenters. The molecule has 7 nitrogen and oxygen atoms in total. The number of carbonyl (C=O) groups excluding carboxylic acids is 1. The van der Waals surface area contributed by atoms with Crippen molar-refractivity contribution in [2.75, 3.05) is 12.0 Å². The van der Waals surface area contributed by atoms with Crippen LogP contribution in [0.5, 0.6) is 5.75 Å². The Hall–Kier alpha value is -3.87. The van der Waals surface area contributed by atoms with Gasteiger partial charge in [-0.25, -0.2) is 0 Å². The second kappa shape index (κ2) is 8.73. The normalized spacial score (nSPS) is 18.2. The molecule has 178 valence electrons. The van der Waals surface area contributed by atoms with Gasteiger partial charge in [-0.3, -0.25) is 14.4 Å². The highest BCUT2D eigenvalue weighted by Crippen LogP contribution is 2.49. The molecule has 2 aliphatic rings. The number of carbonyl (C=O) groups is 1. The Kier molecular flexibility index (Phi) is 5.40. The van der Waals surface area contributed by atoms with E-state index < -0.39 is 0 Å². The molecular formula is C28H28N4O3. The van der Waals surface area contributed by atoms with E-state index in [0.717, 1.165) is 52.4 Å². The molecule has 0 spiro atoms. The largest absolute Gasteiger partial charge is 0.497 e. The highest BCUT2D eigenvalue weighted by Gasteiger charge is 2.46. The number of benzene rings is 2. The first-order valence-corrected chi connectivity index (χ1v) is 12.2. The van der Waals surface area contributed by atoms with E-state index in [9.17, 15) is 4.79 Å². The van der Waals surface area contributed by atoms with E-state index in [2.05, 4.69) is 5.16 Å². The SMILES string of the molecule is COc1ccc(-c2nn(C)c3c2C(C2CCCCC2)N(c2ccc(-c4ccon4)cc2)C3=O)cc1. The van der Waals surface area contributed by atoms with Gasteiger partial charge in [0.05, 0.1) is 18.8 Å². The number of nitrogens with zero attached hydrogens (tertiary/aromatic N) is 4. The first kappa shape index (κ1) is 21.6. The maximum atomic E-state index is 13.9. The molecule has 6 rings (SSSR count). The molecule has 2 aromatic heterocycles. The zero-order valence-electron chi connectivity index (χ0n) is 20.0. The molecule has 35 heavy (non-hydrogen) atoms. The van der Waals surface area contributed by atoms with Crippen LogP contribution in [-0.2, 0) is 7.05 Å². The Morgan fingerprint density at radius 3 is 2.31 bits per heavy atom. The lowest BCUT2D eigenvalue weighted by Crippen LogP contribution is -2.34. The summed E-state index contributed by atoms with van der Waals surface area (Å²) in [5.74, 6) is 1.21. The van der Waals surface area contributed by atoms with E-state index in [1.807, 2.05) is 66.5 Å². The molecule has 1 amide bonds. The number of methoxy groups -OCH3 is 1. The van der Waals surface area contributed by atoms with Crippen molar-refractivity contribution in [3.8, 4) is 28.3 Å². The lowest BCUT2D eigenvalue weighted by Gasteiger charge is -2.35. The van der Waals surface area contributed by atoms with Crippen molar-refractivity contribution in [3.05, 3.63) is 72.1 Å². The van der Waals surface area contributed by atoms with Gasteiger partial charge in [0, 0.05) is 35.5 Å². The minimum atomic E-state index is -0.0403. The third kappa shape index (κ3) is 3.62. The van der Waals surface area contributed by atoms with Gasteiger partial charge in [0.25, 0.3) is 5.91 Å². The second-order valence-corrected chi connectivity index (χ2v) is 9.41. The molecule has 7 heteroatoms. The van der Waals surface area contributed by atoms with Gasteiger partial charge in [0.15, 0.2) is 0 Å². The van der Waals surface area contributed by atoms with Crippen molar-refractivity contribution in [1.82, 2.24) is 14.9 Å². The van der Waals surface area contributed by atoms with Crippen LogP contribution in [0.2, 0.25) is 0 Å². The van der Waals surface area contributed by atoms with Crippen molar-refractivity contribution >= 4 is 11.6 Å². The van der Waals surface area contributed by atoms with Crippen molar-refractivity contribution in [2.45, 2.75) is 38.1 Å². The standard InChI is InChI=1S/C28H28N4O3/c1-31-27-24(25(29-31)19-10-14-22(34-2)15-11-19)26(20-6-4-3-5-7-20)32(28(27)33)21-12-8-18(9-13-21)23-16-17-35-30-23/h8-17,20,26H,3-7H2,1-2H3. The fourth-order valence-corrected chi connectivity index (χ4v) is 5.73. The summed E-state index contributed by atoms with van der Waals surface area (Å²) in [7, 11) is 3.54. The van der Waals surface area contributed by atoms with Crippen molar-refractivity contribution in [2.24, 2.45) is 13.0 Å². The molecule has 0 saturated heterocycles. The van der Waals surface area contributed by atoms with Crippen LogP contribution in [0.4, 0.5) is 5.69 Å². The predicted octanol–water partition coefficient (Wildman–Crippen LogP) is 6.03. The summed E-state index contributed by atoms with van der Waals surface area (Å²) in [6.45, 7) is 0. The van der Waals surface area contributed by atoms with E-state index in [0.29, 0.717) is 11.6 Å². The predicted molar refractivity (Wildman–Crippen MR) is 133 cm³/mol. The van der Waals surface area contributed by atoms with Gasteiger partial charge in [-0.1, -0.05) is 36.6 Å². The topological polar surface area (TPSA) is 73.4 Å². The van der Waals surface area contributed by atoms with Gasteiger partial charge in [0.1, 0.15) is 23.4 Å². The zero-order valence-corrected chi connectivity index (χ0v) is 20.0. The fraction of sp³-hybridized carbons (Fsp3) is 0.321. The minimum Gasteiger partial charge on any atom is -0.497 e. The van der Waals surface area contributed by atoms with Crippen LogP contribution in [0.3, 0.4) is 0 Å². The number of fused-ring (bicyclic) bond motifs is 1. The van der Waals surface area contributed by atoms with Crippen LogP contribution in [-0.4, -0.2) is 28.0 Å². The van der Waals surface area contributed by atoms with Crippen molar-refractivity contribution in [1.29, 1.82) is 0 Å². The first-order valence-electron chi connectivity index (χ1n) is 12.2. The molecule has 1 fully saturated rings. The molecule has 2 aromatic carbocycles. The van der Waals surface area contributed by atoms with Gasteiger partial charge < -0.3 is 9.26 Å². The Morgan fingerprint density at radius 2 is 1.66 bits per heavy atom. The lowest BCUT2D eigenvalue weighted by atomic mass is 9.80. The maximum absolute atomic E-state index is 13.9. The number of ether oxygens (including phenoxy) is 1. The van der Waals surface area contributed by atoms with Crippen LogP contribution in [0.25, 0.3) is 22.5 Å². The summed E-state index contributed by atoms with van der Waals surface area (Å²) in [4.78, 5) is 15.9. The van der Waals surface area contributed by atoms with E-state index in [1.54, 1.807) is 18.1 Å². The summed E-state index contributed by atoms with van der Waals surface area (Å²) >= 11 is 0. The molecule has 1 aliphatic heterocycles. The van der Waals surface area contributed by atoms with E-state index in [1.165, 1.54) is 19.3 Å². The molecule has 1 unspecified atom stereocenters. The maximum Gasteiger partial charge on any atom is 0.277 e. The molecule has 1 saturated carbocycles. The fourth-order valence-electron chi connectivity index (χ4n) is 5.73. The van der Waals surface area contributed by atoms with Gasteiger partial charge in [-0.15, -0.1) is 0 Å². The Bertz CT molecular complexity index is 1330. The number of rotatable bonds is 5. The van der Waals surface area contributed by atoms with Crippen molar-refractivity contribution < 1.29 is 14.1 Å². The third-order valence-corrected chi connectivity index (χ3v) is 7.42. The zero-order chi connectivity index (χ0) is 23.9. The molecule has 4 aromatic rings. The monoisotopic (exact) mass is 468 g/mol. The summed E-state index contributed by atoms with van der Waals surface area (Å²) in [6.07, 6.45) is 7.44. The van der Waals surface area contributed by atoms with Crippen LogP contribution >= 0.6 is 0 Å². The Morgan fingerprint density at radius 1 is 0.943 bits per heavy atom. The molecule has 0 radical (unpaired) electrons. The second-order valence-electron chi connectivity index (χ2n) is 9.41. The first-order chi connectivity index (χ1) is 17.2. The van der Waals surface area contributed by atoms with Crippen molar-refractivity contribution in [3.63, 3.8) is 0 Å². The lowest BCUT2D eigenvalue weighted by molar-refractivity contribution is 0.0973. The molecule has 0 N–H and O–H groups in total.